The normalized spacial score (nSPS) is 20.6. The van der Waals surface area contributed by atoms with Gasteiger partial charge < -0.3 is 10.1 Å². The van der Waals surface area contributed by atoms with Gasteiger partial charge >= 0.3 is 0 Å². The van der Waals surface area contributed by atoms with Gasteiger partial charge in [0, 0.05) is 28.9 Å². The number of nitrogens with one attached hydrogen (secondary N) is 2. The van der Waals surface area contributed by atoms with E-state index in [4.69, 9.17) is 4.74 Å². The lowest BCUT2D eigenvalue weighted by molar-refractivity contribution is 0.0774. The number of hydrogen-bond donors (Lipinski definition) is 2. The predicted molar refractivity (Wildman–Crippen MR) is 76.0 cm³/mol. The molecule has 1 aromatic heterocycles. The Morgan fingerprint density at radius 3 is 2.95 bits per heavy atom. The third-order valence-corrected chi connectivity index (χ3v) is 5.87. The Morgan fingerprint density at radius 1 is 1.53 bits per heavy atom. The Bertz CT molecular complexity index is 519. The van der Waals surface area contributed by atoms with Gasteiger partial charge in [-0.25, -0.2) is 13.1 Å². The summed E-state index contributed by atoms with van der Waals surface area (Å²) in [7, 11) is -1.59. The molecule has 1 atom stereocenters. The van der Waals surface area contributed by atoms with Crippen molar-refractivity contribution in [2.75, 3.05) is 20.3 Å². The number of ether oxygens (including phenoxy) is 1. The van der Waals surface area contributed by atoms with Gasteiger partial charge in [0.2, 0.25) is 10.0 Å². The van der Waals surface area contributed by atoms with Gasteiger partial charge in [-0.3, -0.25) is 0 Å². The van der Waals surface area contributed by atoms with Crippen LogP contribution in [0.15, 0.2) is 11.0 Å². The van der Waals surface area contributed by atoms with E-state index in [9.17, 15) is 8.42 Å². The summed E-state index contributed by atoms with van der Waals surface area (Å²) in [6.45, 7) is 3.72. The van der Waals surface area contributed by atoms with Crippen LogP contribution in [-0.4, -0.2) is 34.7 Å². The molecule has 7 heteroatoms. The highest BCUT2D eigenvalue weighted by Gasteiger charge is 2.25. The first-order chi connectivity index (χ1) is 9.03. The average molecular weight is 304 g/mol. The Hall–Kier alpha value is -0.470. The fourth-order valence-corrected chi connectivity index (χ4v) is 5.07. The van der Waals surface area contributed by atoms with Crippen molar-refractivity contribution in [2.45, 2.75) is 37.2 Å². The van der Waals surface area contributed by atoms with Crippen molar-refractivity contribution in [3.8, 4) is 0 Å². The summed E-state index contributed by atoms with van der Waals surface area (Å²) >= 11 is 1.51. The van der Waals surface area contributed by atoms with Crippen LogP contribution in [0.25, 0.3) is 0 Å². The molecule has 1 aliphatic rings. The van der Waals surface area contributed by atoms with Crippen LogP contribution in [-0.2, 0) is 21.3 Å². The van der Waals surface area contributed by atoms with Gasteiger partial charge in [-0.1, -0.05) is 0 Å². The van der Waals surface area contributed by atoms with Crippen molar-refractivity contribution in [2.24, 2.45) is 0 Å². The molecule has 2 N–H and O–H groups in total. The predicted octanol–water partition coefficient (Wildman–Crippen LogP) is 1.23. The van der Waals surface area contributed by atoms with Crippen molar-refractivity contribution in [3.63, 3.8) is 0 Å². The first-order valence-electron chi connectivity index (χ1n) is 6.37. The van der Waals surface area contributed by atoms with Crippen LogP contribution in [0.3, 0.4) is 0 Å². The van der Waals surface area contributed by atoms with Crippen LogP contribution in [0.2, 0.25) is 0 Å². The highest BCUT2D eigenvalue weighted by molar-refractivity contribution is 7.89. The molecule has 2 rings (SSSR count). The Morgan fingerprint density at radius 2 is 2.32 bits per heavy atom. The molecule has 0 bridgehead atoms. The molecular formula is C12H20N2O3S2. The molecule has 0 amide bonds. The number of sulfonamides is 1. The zero-order valence-corrected chi connectivity index (χ0v) is 12.9. The average Bonchev–Trinajstić information content (AvgIpc) is 2.72. The molecule has 1 fully saturated rings. The van der Waals surface area contributed by atoms with Crippen LogP contribution in [0.4, 0.5) is 0 Å². The summed E-state index contributed by atoms with van der Waals surface area (Å²) in [4.78, 5) is 2.25. The van der Waals surface area contributed by atoms with Crippen LogP contribution < -0.4 is 10.0 Å². The second-order valence-electron chi connectivity index (χ2n) is 4.70. The maximum atomic E-state index is 12.4. The number of rotatable bonds is 5. The summed E-state index contributed by atoms with van der Waals surface area (Å²) in [5.41, 5.74) is 0. The molecule has 1 unspecified atom stereocenters. The molecule has 1 saturated heterocycles. The van der Waals surface area contributed by atoms with Crippen LogP contribution in [0.5, 0.6) is 0 Å². The lowest BCUT2D eigenvalue weighted by Crippen LogP contribution is -2.40. The fraction of sp³-hybridized carbons (Fsp3) is 0.667. The topological polar surface area (TPSA) is 67.4 Å². The van der Waals surface area contributed by atoms with Crippen molar-refractivity contribution < 1.29 is 13.2 Å². The van der Waals surface area contributed by atoms with E-state index >= 15 is 0 Å². The van der Waals surface area contributed by atoms with E-state index < -0.39 is 10.0 Å². The van der Waals surface area contributed by atoms with E-state index in [0.717, 1.165) is 29.2 Å². The molecule has 0 spiro atoms. The van der Waals surface area contributed by atoms with Crippen LogP contribution in [0, 0.1) is 6.92 Å². The minimum absolute atomic E-state index is 0.106. The second-order valence-corrected chi connectivity index (χ2v) is 7.72. The van der Waals surface area contributed by atoms with Crippen molar-refractivity contribution in [1.82, 2.24) is 10.0 Å². The third kappa shape index (κ3) is 3.76. The third-order valence-electron chi connectivity index (χ3n) is 3.05. The molecule has 1 aliphatic heterocycles. The highest BCUT2D eigenvalue weighted by atomic mass is 32.2. The first-order valence-corrected chi connectivity index (χ1v) is 8.67. The minimum Gasteiger partial charge on any atom is -0.380 e. The maximum Gasteiger partial charge on any atom is 0.242 e. The van der Waals surface area contributed by atoms with Crippen LogP contribution >= 0.6 is 11.3 Å². The fourth-order valence-electron chi connectivity index (χ4n) is 2.17. The van der Waals surface area contributed by atoms with Crippen LogP contribution in [0.1, 0.15) is 22.6 Å². The van der Waals surface area contributed by atoms with E-state index in [-0.39, 0.29) is 6.04 Å². The lowest BCUT2D eigenvalue weighted by Gasteiger charge is -2.22. The van der Waals surface area contributed by atoms with Gasteiger partial charge in [0.05, 0.1) is 11.5 Å². The van der Waals surface area contributed by atoms with E-state index in [0.29, 0.717) is 18.0 Å². The molecule has 0 radical (unpaired) electrons. The van der Waals surface area contributed by atoms with Crippen molar-refractivity contribution >= 4 is 21.4 Å². The van der Waals surface area contributed by atoms with Crippen molar-refractivity contribution in [3.05, 3.63) is 15.8 Å². The zero-order valence-electron chi connectivity index (χ0n) is 11.2. The Kier molecular flexibility index (Phi) is 4.97. The van der Waals surface area contributed by atoms with Gasteiger partial charge in [-0.05, 0) is 32.9 Å². The summed E-state index contributed by atoms with van der Waals surface area (Å²) < 4.78 is 32.8. The number of aryl methyl sites for hydroxylation is 1. The summed E-state index contributed by atoms with van der Waals surface area (Å²) in [5.74, 6) is 0. The second kappa shape index (κ2) is 6.32. The van der Waals surface area contributed by atoms with Gasteiger partial charge in [-0.2, -0.15) is 0 Å². The van der Waals surface area contributed by atoms with Gasteiger partial charge in [-0.15, -0.1) is 11.3 Å². The molecule has 19 heavy (non-hydrogen) atoms. The SMILES string of the molecule is CNCc1cc(S(=O)(=O)NC2CCCOC2)c(C)s1. The van der Waals surface area contributed by atoms with Gasteiger partial charge in [0.25, 0.3) is 0 Å². The first kappa shape index (κ1) is 14.9. The highest BCUT2D eigenvalue weighted by Crippen LogP contribution is 2.26. The Balaban J connectivity index is 2.14. The maximum absolute atomic E-state index is 12.4. The lowest BCUT2D eigenvalue weighted by atomic mass is 10.1. The largest absolute Gasteiger partial charge is 0.380 e. The molecule has 0 saturated carbocycles. The molecule has 1 aromatic rings. The Labute approximate surface area is 118 Å². The zero-order chi connectivity index (χ0) is 13.9. The van der Waals surface area contributed by atoms with E-state index in [1.54, 1.807) is 6.07 Å². The van der Waals surface area contributed by atoms with E-state index in [2.05, 4.69) is 10.0 Å². The smallest absolute Gasteiger partial charge is 0.242 e. The summed E-state index contributed by atoms with van der Waals surface area (Å²) in [6, 6.07) is 1.65. The van der Waals surface area contributed by atoms with Gasteiger partial charge in [0.1, 0.15) is 0 Å². The number of thiophene rings is 1. The minimum atomic E-state index is -3.44. The molecule has 0 aromatic carbocycles. The standard InChI is InChI=1S/C12H20N2O3S2/c1-9-12(6-11(18-9)7-13-2)19(15,16)14-10-4-3-5-17-8-10/h6,10,13-14H,3-5,7-8H2,1-2H3. The molecule has 2 heterocycles. The molecular weight excluding hydrogens is 284 g/mol. The van der Waals surface area contributed by atoms with Crippen molar-refractivity contribution in [1.29, 1.82) is 0 Å². The molecule has 5 nitrogen and oxygen atoms in total. The summed E-state index contributed by atoms with van der Waals surface area (Å²) in [5, 5.41) is 3.03. The summed E-state index contributed by atoms with van der Waals surface area (Å²) in [6.07, 6.45) is 1.74. The van der Waals surface area contributed by atoms with E-state index in [1.807, 2.05) is 14.0 Å². The molecule has 108 valence electrons. The number of hydrogen-bond acceptors (Lipinski definition) is 5. The van der Waals surface area contributed by atoms with Gasteiger partial charge in [0.15, 0.2) is 0 Å². The van der Waals surface area contributed by atoms with E-state index in [1.165, 1.54) is 11.3 Å². The monoisotopic (exact) mass is 304 g/mol. The molecule has 0 aliphatic carbocycles. The quantitative estimate of drug-likeness (QED) is 0.859.